The highest BCUT2D eigenvalue weighted by molar-refractivity contribution is 9.10. The van der Waals surface area contributed by atoms with Crippen molar-refractivity contribution in [1.29, 1.82) is 0 Å². The molecule has 0 bridgehead atoms. The minimum absolute atomic E-state index is 0.0625. The van der Waals surface area contributed by atoms with E-state index in [1.807, 2.05) is 55.5 Å². The molecule has 1 aliphatic rings. The molecule has 0 saturated carbocycles. The summed E-state index contributed by atoms with van der Waals surface area (Å²) in [4.78, 5) is 12.4. The lowest BCUT2D eigenvalue weighted by atomic mass is 10.0. The fraction of sp³-hybridized carbons (Fsp3) is 0.333. The second kappa shape index (κ2) is 9.82. The predicted octanol–water partition coefficient (Wildman–Crippen LogP) is 3.69. The van der Waals surface area contributed by atoms with Crippen LogP contribution < -0.4 is 21.0 Å². The Morgan fingerprint density at radius 2 is 1.89 bits per heavy atom. The summed E-state index contributed by atoms with van der Waals surface area (Å²) in [6.45, 7) is 4.66. The first-order valence-corrected chi connectivity index (χ1v) is 10.2. The van der Waals surface area contributed by atoms with Crippen molar-refractivity contribution in [3.05, 3.63) is 64.1 Å². The van der Waals surface area contributed by atoms with Crippen molar-refractivity contribution >= 4 is 27.5 Å². The van der Waals surface area contributed by atoms with Crippen molar-refractivity contribution in [2.24, 2.45) is 5.10 Å². The van der Waals surface area contributed by atoms with Gasteiger partial charge in [0.15, 0.2) is 0 Å². The second-order valence-electron chi connectivity index (χ2n) is 6.73. The molecule has 1 fully saturated rings. The Hall–Kier alpha value is -2.22. The van der Waals surface area contributed by atoms with E-state index in [1.165, 1.54) is 0 Å². The molecule has 0 aromatic heterocycles. The maximum atomic E-state index is 12.4. The molecule has 148 valence electrons. The largest absolute Gasteiger partial charge is 0.494 e. The van der Waals surface area contributed by atoms with Crippen LogP contribution in [0.2, 0.25) is 0 Å². The van der Waals surface area contributed by atoms with Crippen LogP contribution in [-0.2, 0) is 4.79 Å². The number of hydrazine groups is 1. The molecule has 7 heteroatoms. The summed E-state index contributed by atoms with van der Waals surface area (Å²) >= 11 is 3.41. The Balaban J connectivity index is 1.53. The molecule has 2 atom stereocenters. The minimum atomic E-state index is -0.345. The average molecular weight is 445 g/mol. The predicted molar refractivity (Wildman–Crippen MR) is 114 cm³/mol. The lowest BCUT2D eigenvalue weighted by Crippen LogP contribution is -2.41. The van der Waals surface area contributed by atoms with Gasteiger partial charge in [-0.05, 0) is 55.2 Å². The van der Waals surface area contributed by atoms with Crippen LogP contribution in [0.3, 0.4) is 0 Å². The monoisotopic (exact) mass is 444 g/mol. The number of rotatable bonds is 7. The van der Waals surface area contributed by atoms with Crippen molar-refractivity contribution in [3.8, 4) is 5.75 Å². The Bertz CT molecular complexity index is 821. The number of hydrogen-bond donors (Lipinski definition) is 3. The maximum absolute atomic E-state index is 12.4. The second-order valence-corrected chi connectivity index (χ2v) is 7.64. The van der Waals surface area contributed by atoms with Gasteiger partial charge in [0.1, 0.15) is 11.8 Å². The highest BCUT2D eigenvalue weighted by atomic mass is 79.9. The molecule has 2 aromatic carbocycles. The van der Waals surface area contributed by atoms with Crippen LogP contribution in [0.4, 0.5) is 0 Å². The summed E-state index contributed by atoms with van der Waals surface area (Å²) in [6.07, 6.45) is 1.63. The molecule has 2 unspecified atom stereocenters. The van der Waals surface area contributed by atoms with Gasteiger partial charge in [0, 0.05) is 10.5 Å². The van der Waals surface area contributed by atoms with Gasteiger partial charge in [0.25, 0.3) is 5.91 Å². The van der Waals surface area contributed by atoms with Gasteiger partial charge >= 0.3 is 0 Å². The number of carbonyl (C=O) groups is 1. The minimum Gasteiger partial charge on any atom is -0.494 e. The van der Waals surface area contributed by atoms with Crippen LogP contribution in [0.5, 0.6) is 5.75 Å². The first-order chi connectivity index (χ1) is 13.6. The molecule has 3 rings (SSSR count). The Morgan fingerprint density at radius 1 is 1.18 bits per heavy atom. The molecule has 6 nitrogen and oxygen atoms in total. The van der Waals surface area contributed by atoms with E-state index >= 15 is 0 Å². The summed E-state index contributed by atoms with van der Waals surface area (Å²) in [5.74, 6) is 0.706. The number of carbonyl (C=O) groups excluding carboxylic acids is 1. The number of hydrazone groups is 1. The molecule has 2 aromatic rings. The van der Waals surface area contributed by atoms with Crippen molar-refractivity contribution in [2.45, 2.75) is 38.8 Å². The Morgan fingerprint density at radius 3 is 2.57 bits per heavy atom. The molecule has 1 saturated heterocycles. The normalized spacial score (nSPS) is 19.5. The van der Waals surface area contributed by atoms with Crippen LogP contribution in [0.1, 0.15) is 43.9 Å². The Labute approximate surface area is 173 Å². The molecular formula is C21H25BrN4O2. The molecule has 0 radical (unpaired) electrons. The van der Waals surface area contributed by atoms with Crippen LogP contribution in [0.15, 0.2) is 58.1 Å². The van der Waals surface area contributed by atoms with Gasteiger partial charge in [-0.3, -0.25) is 4.79 Å². The van der Waals surface area contributed by atoms with Crippen molar-refractivity contribution in [3.63, 3.8) is 0 Å². The maximum Gasteiger partial charge on any atom is 0.258 e. The number of benzene rings is 2. The van der Waals surface area contributed by atoms with Gasteiger partial charge in [-0.2, -0.15) is 5.10 Å². The molecule has 1 amide bonds. The van der Waals surface area contributed by atoms with Crippen molar-refractivity contribution < 1.29 is 9.53 Å². The van der Waals surface area contributed by atoms with Gasteiger partial charge in [-0.1, -0.05) is 47.1 Å². The van der Waals surface area contributed by atoms with Crippen LogP contribution >= 0.6 is 15.9 Å². The summed E-state index contributed by atoms with van der Waals surface area (Å²) < 4.78 is 6.62. The number of halogens is 1. The number of nitrogens with one attached hydrogen (secondary N) is 3. The highest BCUT2D eigenvalue weighted by Crippen LogP contribution is 2.24. The molecule has 0 aliphatic carbocycles. The molecule has 0 spiro atoms. The summed E-state index contributed by atoms with van der Waals surface area (Å²) in [5.41, 5.74) is 11.7. The van der Waals surface area contributed by atoms with E-state index in [1.54, 1.807) is 0 Å². The fourth-order valence-corrected chi connectivity index (χ4v) is 3.20. The lowest BCUT2D eigenvalue weighted by Gasteiger charge is -2.11. The smallest absolute Gasteiger partial charge is 0.258 e. The van der Waals surface area contributed by atoms with Crippen molar-refractivity contribution in [2.75, 3.05) is 6.61 Å². The van der Waals surface area contributed by atoms with E-state index in [9.17, 15) is 4.79 Å². The van der Waals surface area contributed by atoms with E-state index in [4.69, 9.17) is 4.74 Å². The van der Waals surface area contributed by atoms with E-state index in [-0.39, 0.29) is 18.0 Å². The number of amides is 1. The highest BCUT2D eigenvalue weighted by Gasteiger charge is 2.30. The van der Waals surface area contributed by atoms with Gasteiger partial charge in [-0.15, -0.1) is 0 Å². The zero-order chi connectivity index (χ0) is 19.9. The molecule has 1 heterocycles. The third-order valence-electron chi connectivity index (χ3n) is 4.57. The molecule has 28 heavy (non-hydrogen) atoms. The van der Waals surface area contributed by atoms with E-state index < -0.39 is 0 Å². The third kappa shape index (κ3) is 5.41. The van der Waals surface area contributed by atoms with Crippen LogP contribution in [0, 0.1) is 0 Å². The zero-order valence-corrected chi connectivity index (χ0v) is 17.6. The van der Waals surface area contributed by atoms with Gasteiger partial charge in [0.2, 0.25) is 0 Å². The average Bonchev–Trinajstić information content (AvgIpc) is 3.21. The van der Waals surface area contributed by atoms with Gasteiger partial charge in [0.05, 0.1) is 12.3 Å². The number of nitrogens with zero attached hydrogens (tertiary/aromatic N) is 1. The molecule has 3 N–H and O–H groups in total. The topological polar surface area (TPSA) is 74.8 Å². The SMILES string of the molecule is CCCOc1ccc(C2CC(C(=O)N/N=C(\C)c3ccc(Br)cc3)NN2)cc1. The molecular weight excluding hydrogens is 420 g/mol. The quantitative estimate of drug-likeness (QED) is 0.449. The summed E-state index contributed by atoms with van der Waals surface area (Å²) in [6, 6.07) is 15.5. The van der Waals surface area contributed by atoms with E-state index in [0.717, 1.165) is 33.5 Å². The third-order valence-corrected chi connectivity index (χ3v) is 5.10. The lowest BCUT2D eigenvalue weighted by molar-refractivity contribution is -0.122. The summed E-state index contributed by atoms with van der Waals surface area (Å²) in [7, 11) is 0. The van der Waals surface area contributed by atoms with Crippen LogP contribution in [-0.4, -0.2) is 24.3 Å². The van der Waals surface area contributed by atoms with Gasteiger partial charge in [-0.25, -0.2) is 16.3 Å². The Kier molecular flexibility index (Phi) is 7.19. The first kappa shape index (κ1) is 20.5. The van der Waals surface area contributed by atoms with E-state index in [2.05, 4.69) is 44.2 Å². The fourth-order valence-electron chi connectivity index (χ4n) is 2.94. The number of hydrogen-bond acceptors (Lipinski definition) is 5. The zero-order valence-electron chi connectivity index (χ0n) is 16.0. The summed E-state index contributed by atoms with van der Waals surface area (Å²) in [5, 5.41) is 4.22. The standard InChI is InChI=1S/C21H25BrN4O2/c1-3-12-28-18-10-6-16(7-11-18)19-13-20(25-24-19)21(27)26-23-14(2)15-4-8-17(22)9-5-15/h4-11,19-20,24-25H,3,12-13H2,1-2H3,(H,26,27)/b23-14+. The van der Waals surface area contributed by atoms with Gasteiger partial charge < -0.3 is 4.74 Å². The first-order valence-electron chi connectivity index (χ1n) is 9.40. The van der Waals surface area contributed by atoms with Crippen molar-refractivity contribution in [1.82, 2.24) is 16.3 Å². The molecule has 1 aliphatic heterocycles. The van der Waals surface area contributed by atoms with Crippen LogP contribution in [0.25, 0.3) is 0 Å². The number of ether oxygens (including phenoxy) is 1. The van der Waals surface area contributed by atoms with E-state index in [0.29, 0.717) is 13.0 Å².